The maximum absolute atomic E-state index is 12.1. The highest BCUT2D eigenvalue weighted by Gasteiger charge is 2.35. The molecule has 0 saturated heterocycles. The minimum absolute atomic E-state index is 0.0319. The number of hydrogen-bond donors (Lipinski definition) is 4. The summed E-state index contributed by atoms with van der Waals surface area (Å²) in [6.45, 7) is 4.25. The minimum Gasteiger partial charge on any atom is -0.394 e. The molecular formula is C15H26N4O2. The molecule has 1 atom stereocenters. The van der Waals surface area contributed by atoms with Gasteiger partial charge in [0, 0.05) is 17.8 Å². The number of aromatic nitrogens is 2. The Bertz CT molecular complexity index is 468. The number of hydrogen-bond acceptors (Lipinski definition) is 3. The van der Waals surface area contributed by atoms with Crippen LogP contribution in [0.3, 0.4) is 0 Å². The number of nitrogens with one attached hydrogen (secondary N) is 3. The number of aromatic amines is 1. The van der Waals surface area contributed by atoms with E-state index in [1.807, 2.05) is 13.8 Å². The van der Waals surface area contributed by atoms with Crippen LogP contribution in [0, 0.1) is 12.8 Å². The lowest BCUT2D eigenvalue weighted by atomic mass is 9.76. The van der Waals surface area contributed by atoms with Gasteiger partial charge >= 0.3 is 6.03 Å². The summed E-state index contributed by atoms with van der Waals surface area (Å²) < 4.78 is 0. The number of nitrogens with zero attached hydrogens (tertiary/aromatic N) is 1. The SMILES string of the molecule is Cc1[nH]ncc1CNC(=O)N[C@](C)(CO)C1CCCCC1. The molecule has 0 unspecified atom stereocenters. The van der Waals surface area contributed by atoms with E-state index in [2.05, 4.69) is 20.8 Å². The number of aryl methyl sites for hydroxylation is 1. The number of aliphatic hydroxyl groups excluding tert-OH is 1. The standard InChI is InChI=1S/C15H26N4O2/c1-11-12(9-17-19-11)8-16-14(21)18-15(2,10-20)13-6-4-3-5-7-13/h9,13,20H,3-8,10H2,1-2H3,(H,17,19)(H2,16,18,21)/t15-/m1/s1. The molecule has 0 aromatic carbocycles. The van der Waals surface area contributed by atoms with Crippen LogP contribution in [0.2, 0.25) is 0 Å². The van der Waals surface area contributed by atoms with E-state index in [1.54, 1.807) is 6.20 Å². The van der Waals surface area contributed by atoms with E-state index in [1.165, 1.54) is 19.3 Å². The Hall–Kier alpha value is -1.56. The van der Waals surface area contributed by atoms with Gasteiger partial charge in [-0.3, -0.25) is 5.10 Å². The van der Waals surface area contributed by atoms with E-state index in [0.29, 0.717) is 12.5 Å². The average molecular weight is 294 g/mol. The molecule has 1 aliphatic rings. The number of carbonyl (C=O) groups is 1. The zero-order chi connectivity index (χ0) is 15.3. The summed E-state index contributed by atoms with van der Waals surface area (Å²) in [5.74, 6) is 0.345. The summed E-state index contributed by atoms with van der Waals surface area (Å²) in [6.07, 6.45) is 7.46. The van der Waals surface area contributed by atoms with Gasteiger partial charge in [0.25, 0.3) is 0 Å². The Morgan fingerprint density at radius 3 is 2.76 bits per heavy atom. The first-order valence-corrected chi connectivity index (χ1v) is 7.71. The molecule has 0 aliphatic heterocycles. The predicted octanol–water partition coefficient (Wildman–Crippen LogP) is 1.85. The van der Waals surface area contributed by atoms with Gasteiger partial charge in [0.2, 0.25) is 0 Å². The van der Waals surface area contributed by atoms with Crippen LogP contribution in [-0.4, -0.2) is 33.5 Å². The van der Waals surface area contributed by atoms with Crippen molar-refractivity contribution >= 4 is 6.03 Å². The van der Waals surface area contributed by atoms with Gasteiger partial charge in [0.05, 0.1) is 18.3 Å². The van der Waals surface area contributed by atoms with Crippen molar-refractivity contribution < 1.29 is 9.90 Å². The molecule has 118 valence electrons. The summed E-state index contributed by atoms with van der Waals surface area (Å²) in [6, 6.07) is -0.238. The molecule has 1 aromatic rings. The molecule has 6 nitrogen and oxygen atoms in total. The zero-order valence-corrected chi connectivity index (χ0v) is 12.9. The van der Waals surface area contributed by atoms with Crippen molar-refractivity contribution in [1.82, 2.24) is 20.8 Å². The number of amides is 2. The van der Waals surface area contributed by atoms with Crippen molar-refractivity contribution in [3.05, 3.63) is 17.5 Å². The molecule has 1 aromatic heterocycles. The van der Waals surface area contributed by atoms with E-state index in [9.17, 15) is 9.90 Å². The van der Waals surface area contributed by atoms with Crippen molar-refractivity contribution in [3.63, 3.8) is 0 Å². The van der Waals surface area contributed by atoms with Crippen LogP contribution in [0.25, 0.3) is 0 Å². The second-order valence-electron chi connectivity index (χ2n) is 6.24. The maximum atomic E-state index is 12.1. The van der Waals surface area contributed by atoms with Gasteiger partial charge < -0.3 is 15.7 Å². The number of rotatable bonds is 5. The lowest BCUT2D eigenvalue weighted by Gasteiger charge is -2.39. The molecule has 2 rings (SSSR count). The molecular weight excluding hydrogens is 268 g/mol. The molecule has 2 amide bonds. The highest BCUT2D eigenvalue weighted by molar-refractivity contribution is 5.74. The second kappa shape index (κ2) is 6.93. The molecule has 1 heterocycles. The van der Waals surface area contributed by atoms with Gasteiger partial charge in [-0.2, -0.15) is 5.10 Å². The Labute approximate surface area is 125 Å². The molecule has 0 spiro atoms. The van der Waals surface area contributed by atoms with E-state index < -0.39 is 5.54 Å². The number of carbonyl (C=O) groups excluding carboxylic acids is 1. The van der Waals surface area contributed by atoms with Crippen LogP contribution < -0.4 is 10.6 Å². The van der Waals surface area contributed by atoms with Gasteiger partial charge in [0.15, 0.2) is 0 Å². The van der Waals surface area contributed by atoms with Crippen molar-refractivity contribution in [2.45, 2.75) is 58.0 Å². The van der Waals surface area contributed by atoms with Gasteiger partial charge in [-0.15, -0.1) is 0 Å². The average Bonchev–Trinajstić information content (AvgIpc) is 2.91. The Morgan fingerprint density at radius 1 is 1.48 bits per heavy atom. The molecule has 0 bridgehead atoms. The molecule has 21 heavy (non-hydrogen) atoms. The topological polar surface area (TPSA) is 90.0 Å². The van der Waals surface area contributed by atoms with Crippen molar-refractivity contribution in [2.75, 3.05) is 6.61 Å². The van der Waals surface area contributed by atoms with Gasteiger partial charge in [0.1, 0.15) is 0 Å². The fraction of sp³-hybridized carbons (Fsp3) is 0.733. The fourth-order valence-corrected chi connectivity index (χ4v) is 3.04. The Balaban J connectivity index is 1.88. The van der Waals surface area contributed by atoms with E-state index >= 15 is 0 Å². The first kappa shape index (κ1) is 15.8. The number of aliphatic hydroxyl groups is 1. The molecule has 1 saturated carbocycles. The third-order valence-corrected chi connectivity index (χ3v) is 4.61. The highest BCUT2D eigenvalue weighted by atomic mass is 16.3. The lowest BCUT2D eigenvalue weighted by Crippen LogP contribution is -2.57. The number of urea groups is 1. The van der Waals surface area contributed by atoms with Crippen molar-refractivity contribution in [2.24, 2.45) is 5.92 Å². The largest absolute Gasteiger partial charge is 0.394 e. The molecule has 1 aliphatic carbocycles. The zero-order valence-electron chi connectivity index (χ0n) is 12.9. The van der Waals surface area contributed by atoms with E-state index in [-0.39, 0.29) is 12.6 Å². The highest BCUT2D eigenvalue weighted by Crippen LogP contribution is 2.32. The second-order valence-corrected chi connectivity index (χ2v) is 6.24. The Morgan fingerprint density at radius 2 is 2.19 bits per heavy atom. The van der Waals surface area contributed by atoms with Crippen LogP contribution in [-0.2, 0) is 6.54 Å². The van der Waals surface area contributed by atoms with Crippen molar-refractivity contribution in [3.8, 4) is 0 Å². The molecule has 0 radical (unpaired) electrons. The van der Waals surface area contributed by atoms with Crippen LogP contribution >= 0.6 is 0 Å². The summed E-state index contributed by atoms with van der Waals surface area (Å²) >= 11 is 0. The fourth-order valence-electron chi connectivity index (χ4n) is 3.04. The molecule has 4 N–H and O–H groups in total. The summed E-state index contributed by atoms with van der Waals surface area (Å²) in [5, 5.41) is 22.3. The van der Waals surface area contributed by atoms with Gasteiger partial charge in [-0.05, 0) is 32.6 Å². The quantitative estimate of drug-likeness (QED) is 0.668. The predicted molar refractivity (Wildman–Crippen MR) is 80.8 cm³/mol. The van der Waals surface area contributed by atoms with Gasteiger partial charge in [-0.1, -0.05) is 19.3 Å². The first-order valence-electron chi connectivity index (χ1n) is 7.71. The third kappa shape index (κ3) is 3.97. The summed E-state index contributed by atoms with van der Waals surface area (Å²) in [7, 11) is 0. The molecule has 6 heteroatoms. The normalized spacial score (nSPS) is 19.0. The van der Waals surface area contributed by atoms with Crippen LogP contribution in [0.4, 0.5) is 4.79 Å². The van der Waals surface area contributed by atoms with Crippen molar-refractivity contribution in [1.29, 1.82) is 0 Å². The first-order chi connectivity index (χ1) is 10.0. The summed E-state index contributed by atoms with van der Waals surface area (Å²) in [5.41, 5.74) is 1.37. The Kier molecular flexibility index (Phi) is 5.22. The van der Waals surface area contributed by atoms with Crippen LogP contribution in [0.5, 0.6) is 0 Å². The lowest BCUT2D eigenvalue weighted by molar-refractivity contribution is 0.101. The molecule has 1 fully saturated rings. The smallest absolute Gasteiger partial charge is 0.315 e. The number of H-pyrrole nitrogens is 1. The monoisotopic (exact) mass is 294 g/mol. The van der Waals surface area contributed by atoms with E-state index in [4.69, 9.17) is 0 Å². The minimum atomic E-state index is -0.546. The maximum Gasteiger partial charge on any atom is 0.315 e. The van der Waals surface area contributed by atoms with E-state index in [0.717, 1.165) is 24.1 Å². The van der Waals surface area contributed by atoms with Crippen LogP contribution in [0.1, 0.15) is 50.3 Å². The van der Waals surface area contributed by atoms with Gasteiger partial charge in [-0.25, -0.2) is 4.79 Å². The summed E-state index contributed by atoms with van der Waals surface area (Å²) in [4.78, 5) is 12.1. The van der Waals surface area contributed by atoms with Crippen LogP contribution in [0.15, 0.2) is 6.20 Å². The third-order valence-electron chi connectivity index (χ3n) is 4.61.